The maximum absolute atomic E-state index is 13.0. The molecular formula is C25H27N3O. The second kappa shape index (κ2) is 7.36. The highest BCUT2D eigenvalue weighted by Gasteiger charge is 2.32. The molecule has 1 aliphatic heterocycles. The summed E-state index contributed by atoms with van der Waals surface area (Å²) in [5, 5.41) is 7.95. The Balaban J connectivity index is 1.82. The van der Waals surface area contributed by atoms with Crippen LogP contribution in [0, 0.1) is 20.8 Å². The zero-order valence-electron chi connectivity index (χ0n) is 17.5. The average molecular weight is 386 g/mol. The van der Waals surface area contributed by atoms with Crippen molar-refractivity contribution in [3.63, 3.8) is 0 Å². The fourth-order valence-corrected chi connectivity index (χ4v) is 4.09. The number of hydrazone groups is 1. The third-order valence-electron chi connectivity index (χ3n) is 5.82. The molecule has 4 rings (SSSR count). The van der Waals surface area contributed by atoms with Crippen LogP contribution >= 0.6 is 0 Å². The number of nitrogens with one attached hydrogen (secondary N) is 1. The lowest BCUT2D eigenvalue weighted by atomic mass is 9.94. The molecule has 1 atom stereocenters. The van der Waals surface area contributed by atoms with Crippen molar-refractivity contribution in [1.29, 1.82) is 0 Å². The third-order valence-corrected chi connectivity index (χ3v) is 5.82. The predicted octanol–water partition coefficient (Wildman–Crippen LogP) is 5.53. The molecule has 0 aliphatic carbocycles. The van der Waals surface area contributed by atoms with Gasteiger partial charge < -0.3 is 4.98 Å². The lowest BCUT2D eigenvalue weighted by Gasteiger charge is -2.25. The van der Waals surface area contributed by atoms with Gasteiger partial charge in [0.05, 0.1) is 17.3 Å². The summed E-state index contributed by atoms with van der Waals surface area (Å²) in [6.07, 6.45) is 1.49. The van der Waals surface area contributed by atoms with E-state index in [9.17, 15) is 4.79 Å². The van der Waals surface area contributed by atoms with Crippen LogP contribution in [0.2, 0.25) is 0 Å². The summed E-state index contributed by atoms with van der Waals surface area (Å²) in [4.78, 5) is 16.1. The van der Waals surface area contributed by atoms with Crippen molar-refractivity contribution in [3.8, 4) is 0 Å². The molecular weight excluding hydrogens is 358 g/mol. The third kappa shape index (κ3) is 3.39. The summed E-state index contributed by atoms with van der Waals surface area (Å²) in [5.41, 5.74) is 7.79. The van der Waals surface area contributed by atoms with Crippen LogP contribution < -0.4 is 5.56 Å². The number of aromatic amines is 1. The number of hydrogen-bond acceptors (Lipinski definition) is 3. The second-order valence-electron chi connectivity index (χ2n) is 7.94. The van der Waals surface area contributed by atoms with E-state index in [1.54, 1.807) is 0 Å². The number of fused-ring (bicyclic) bond motifs is 1. The summed E-state index contributed by atoms with van der Waals surface area (Å²) >= 11 is 0. The van der Waals surface area contributed by atoms with E-state index in [1.807, 2.05) is 24.9 Å². The molecule has 2 heterocycles. The second-order valence-corrected chi connectivity index (χ2v) is 7.94. The molecule has 4 nitrogen and oxygen atoms in total. The predicted molar refractivity (Wildman–Crippen MR) is 120 cm³/mol. The van der Waals surface area contributed by atoms with Gasteiger partial charge in [0.25, 0.3) is 5.56 Å². The monoisotopic (exact) mass is 385 g/mol. The highest BCUT2D eigenvalue weighted by molar-refractivity contribution is 6.05. The number of aromatic nitrogens is 1. The van der Waals surface area contributed by atoms with Gasteiger partial charge in [-0.3, -0.25) is 9.80 Å². The maximum Gasteiger partial charge on any atom is 0.257 e. The van der Waals surface area contributed by atoms with Crippen molar-refractivity contribution in [2.24, 2.45) is 5.10 Å². The van der Waals surface area contributed by atoms with E-state index < -0.39 is 0 Å². The number of aryl methyl sites for hydroxylation is 3. The summed E-state index contributed by atoms with van der Waals surface area (Å²) < 4.78 is 0. The molecule has 0 radical (unpaired) electrons. The van der Waals surface area contributed by atoms with E-state index in [4.69, 9.17) is 5.10 Å². The summed E-state index contributed by atoms with van der Waals surface area (Å²) in [5.74, 6) is 0. The van der Waals surface area contributed by atoms with Crippen molar-refractivity contribution in [2.75, 3.05) is 0 Å². The van der Waals surface area contributed by atoms with Crippen molar-refractivity contribution >= 4 is 16.6 Å². The van der Waals surface area contributed by atoms with Gasteiger partial charge in [0.2, 0.25) is 0 Å². The van der Waals surface area contributed by atoms with Gasteiger partial charge in [0.15, 0.2) is 0 Å². The smallest absolute Gasteiger partial charge is 0.257 e. The van der Waals surface area contributed by atoms with Crippen molar-refractivity contribution in [1.82, 2.24) is 9.99 Å². The summed E-state index contributed by atoms with van der Waals surface area (Å²) in [7, 11) is 0. The number of H-pyrrole nitrogens is 1. The molecule has 4 heteroatoms. The van der Waals surface area contributed by atoms with Gasteiger partial charge in [0, 0.05) is 23.0 Å². The fraction of sp³-hybridized carbons (Fsp3) is 0.280. The van der Waals surface area contributed by atoms with E-state index in [2.05, 4.69) is 61.8 Å². The van der Waals surface area contributed by atoms with E-state index >= 15 is 0 Å². The molecule has 3 aromatic rings. The van der Waals surface area contributed by atoms with E-state index in [0.717, 1.165) is 39.9 Å². The number of hydrogen-bond donors (Lipinski definition) is 1. The molecule has 1 aliphatic rings. The zero-order chi connectivity index (χ0) is 20.7. The Morgan fingerprint density at radius 2 is 1.83 bits per heavy atom. The Hall–Kier alpha value is -3.14. The Morgan fingerprint density at radius 1 is 1.14 bits per heavy atom. The number of rotatable bonds is 4. The molecule has 2 aromatic carbocycles. The van der Waals surface area contributed by atoms with Crippen LogP contribution in [0.25, 0.3) is 10.9 Å². The summed E-state index contributed by atoms with van der Waals surface area (Å²) in [6, 6.07) is 14.8. The fourth-order valence-electron chi connectivity index (χ4n) is 4.09. The minimum absolute atomic E-state index is 0.0607. The Morgan fingerprint density at radius 3 is 2.52 bits per heavy atom. The van der Waals surface area contributed by atoms with Gasteiger partial charge in [-0.2, -0.15) is 5.10 Å². The first-order valence-electron chi connectivity index (χ1n) is 10.1. The molecule has 0 amide bonds. The Labute approximate surface area is 171 Å². The molecule has 1 aromatic heterocycles. The van der Waals surface area contributed by atoms with E-state index in [-0.39, 0.29) is 11.6 Å². The first-order chi connectivity index (χ1) is 13.9. The number of benzene rings is 2. The van der Waals surface area contributed by atoms with Crippen LogP contribution in [-0.4, -0.2) is 15.7 Å². The number of nitrogens with zero attached hydrogens (tertiary/aromatic N) is 2. The standard InChI is InChI=1S/C25H27N3O/c1-6-17(4)28-23(19-10-7-15(2)8-11-19)14-22(27-28)24-18(5)20-12-9-16(3)13-21(20)26-25(24)29/h7-13,23H,4,6,14H2,1-3,5H3,(H,26,29). The SMILES string of the molecule is C=C(CC)N1N=C(c2c(C)c3ccc(C)cc3[nH]c2=O)CC1c1ccc(C)cc1. The quantitative estimate of drug-likeness (QED) is 0.642. The minimum Gasteiger partial charge on any atom is -0.321 e. The van der Waals surface area contributed by atoms with Gasteiger partial charge >= 0.3 is 0 Å². The molecule has 1 unspecified atom stereocenters. The summed E-state index contributed by atoms with van der Waals surface area (Å²) in [6.45, 7) is 12.4. The van der Waals surface area contributed by atoms with Crippen molar-refractivity contribution in [2.45, 2.75) is 46.6 Å². The molecule has 0 saturated carbocycles. The topological polar surface area (TPSA) is 48.5 Å². The van der Waals surface area contributed by atoms with Gasteiger partial charge in [0.1, 0.15) is 0 Å². The molecule has 29 heavy (non-hydrogen) atoms. The highest BCUT2D eigenvalue weighted by atomic mass is 16.1. The van der Waals surface area contributed by atoms with Gasteiger partial charge in [-0.25, -0.2) is 0 Å². The minimum atomic E-state index is -0.0778. The Kier molecular flexibility index (Phi) is 4.87. The highest BCUT2D eigenvalue weighted by Crippen LogP contribution is 2.36. The molecule has 1 N–H and O–H groups in total. The largest absolute Gasteiger partial charge is 0.321 e. The van der Waals surface area contributed by atoms with E-state index in [0.29, 0.717) is 12.0 Å². The van der Waals surface area contributed by atoms with E-state index in [1.165, 1.54) is 11.1 Å². The molecule has 0 bridgehead atoms. The van der Waals surface area contributed by atoms with Crippen LogP contribution in [0.5, 0.6) is 0 Å². The molecule has 0 fully saturated rings. The van der Waals surface area contributed by atoms with Crippen LogP contribution in [0.1, 0.15) is 53.6 Å². The lowest BCUT2D eigenvalue weighted by molar-refractivity contribution is 0.293. The van der Waals surface area contributed by atoms with Crippen LogP contribution in [0.15, 0.2) is 64.6 Å². The van der Waals surface area contributed by atoms with Crippen molar-refractivity contribution < 1.29 is 0 Å². The van der Waals surface area contributed by atoms with Crippen LogP contribution in [-0.2, 0) is 0 Å². The Bertz CT molecular complexity index is 1190. The number of allylic oxidation sites excluding steroid dienone is 1. The van der Waals surface area contributed by atoms with Crippen LogP contribution in [0.4, 0.5) is 0 Å². The lowest BCUT2D eigenvalue weighted by Crippen LogP contribution is -2.20. The van der Waals surface area contributed by atoms with Gasteiger partial charge in [-0.05, 0) is 49.9 Å². The maximum atomic E-state index is 13.0. The molecule has 148 valence electrons. The van der Waals surface area contributed by atoms with Crippen molar-refractivity contribution in [3.05, 3.63) is 92.9 Å². The van der Waals surface area contributed by atoms with Gasteiger partial charge in [-0.15, -0.1) is 0 Å². The first-order valence-corrected chi connectivity index (χ1v) is 10.1. The normalized spacial score (nSPS) is 16.3. The molecule has 0 spiro atoms. The zero-order valence-corrected chi connectivity index (χ0v) is 17.5. The van der Waals surface area contributed by atoms with Crippen LogP contribution in [0.3, 0.4) is 0 Å². The molecule has 0 saturated heterocycles. The van der Waals surface area contributed by atoms with Gasteiger partial charge in [-0.1, -0.05) is 55.5 Å². The average Bonchev–Trinajstić information content (AvgIpc) is 3.12. The first kappa shape index (κ1) is 19.2. The number of pyridine rings is 1.